The Hall–Kier alpha value is -5.33. The number of methoxy groups -OCH3 is 1. The van der Waals surface area contributed by atoms with Crippen LogP contribution in [0, 0.1) is 23.3 Å². The molecule has 56 heavy (non-hydrogen) atoms. The number of benzene rings is 4. The van der Waals surface area contributed by atoms with Crippen LogP contribution in [-0.2, 0) is 26.0 Å². The lowest BCUT2D eigenvalue weighted by atomic mass is 9.84. The number of carbonyl (C=O) groups excluding carboxylic acids is 2. The molecule has 0 spiro atoms. The summed E-state index contributed by atoms with van der Waals surface area (Å²) in [4.78, 5) is 26.8. The van der Waals surface area contributed by atoms with Gasteiger partial charge in [0.05, 0.1) is 17.6 Å². The zero-order valence-corrected chi connectivity index (χ0v) is 30.6. The number of halogens is 7. The second-order valence-corrected chi connectivity index (χ2v) is 14.7. The lowest BCUT2D eigenvalue weighted by molar-refractivity contribution is -0.362. The Kier molecular flexibility index (Phi) is 12.9. The summed E-state index contributed by atoms with van der Waals surface area (Å²) >= 11 is 0. The highest BCUT2D eigenvalue weighted by Crippen LogP contribution is 2.34. The van der Waals surface area contributed by atoms with E-state index < -0.39 is 81.4 Å². The number of sulfonamides is 1. The van der Waals surface area contributed by atoms with Crippen LogP contribution in [-0.4, -0.2) is 80.7 Å². The molecule has 0 saturated carbocycles. The second kappa shape index (κ2) is 17.2. The summed E-state index contributed by atoms with van der Waals surface area (Å²) in [5.41, 5.74) is -0.144. The number of ether oxygens (including phenoxy) is 2. The van der Waals surface area contributed by atoms with E-state index in [2.05, 4.69) is 22.1 Å². The van der Waals surface area contributed by atoms with E-state index in [0.29, 0.717) is 6.07 Å². The van der Waals surface area contributed by atoms with Crippen molar-refractivity contribution >= 4 is 34.4 Å². The van der Waals surface area contributed by atoms with Crippen LogP contribution >= 0.6 is 0 Å². The van der Waals surface area contributed by atoms with E-state index in [4.69, 9.17) is 4.74 Å². The van der Waals surface area contributed by atoms with E-state index in [1.54, 1.807) is 6.92 Å². The Morgan fingerprint density at radius 1 is 0.929 bits per heavy atom. The van der Waals surface area contributed by atoms with Crippen molar-refractivity contribution < 1.29 is 62.8 Å². The lowest BCUT2D eigenvalue weighted by Crippen LogP contribution is -2.58. The van der Waals surface area contributed by atoms with Crippen molar-refractivity contribution in [1.29, 1.82) is 0 Å². The van der Waals surface area contributed by atoms with Crippen molar-refractivity contribution in [2.75, 3.05) is 20.2 Å². The van der Waals surface area contributed by atoms with Gasteiger partial charge in [-0.1, -0.05) is 18.2 Å². The van der Waals surface area contributed by atoms with Gasteiger partial charge in [0.2, 0.25) is 15.7 Å². The predicted molar refractivity (Wildman–Crippen MR) is 189 cm³/mol. The normalized spacial score (nSPS) is 17.4. The van der Waals surface area contributed by atoms with E-state index in [1.807, 2.05) is 0 Å². The largest absolute Gasteiger partial charge is 0.573 e. The molecule has 1 aliphatic heterocycles. The van der Waals surface area contributed by atoms with E-state index in [-0.39, 0.29) is 53.2 Å². The molecule has 1 aliphatic rings. The molecular weight excluding hydrogens is 773 g/mol. The standard InChI is InChI=1S/C38H35F7N4O6S/c1-22-20-46-21-28(49(22)56(52,53)30-14-12-29(13-15-30)55-38(43,44)45)11-16-31-32(42)5-4-6-33(31)48(2)36(50)35(47-37(51)54-3)34(23-7-9-25(39)10-8-23)24-17-26(40)19-27(41)18-24/h4-10,12-15,17-19,22,28,34-35,46H,2,11,16,20-21H2,1,3H3/p+1. The molecule has 0 aromatic heterocycles. The van der Waals surface area contributed by atoms with E-state index in [9.17, 15) is 44.3 Å². The summed E-state index contributed by atoms with van der Waals surface area (Å²) in [5.74, 6) is -6.46. The molecule has 298 valence electrons. The van der Waals surface area contributed by atoms with Crippen LogP contribution in [0.4, 0.5) is 41.2 Å². The SMILES string of the molecule is C=[N+](C(=O)C(NC(=O)OC)C(c1ccc(F)cc1)c1cc(F)cc(F)c1)c1cccc(F)c1CCC1CNCC(C)N1S(=O)(=O)c1ccc(OC(F)(F)F)cc1. The first-order valence-corrected chi connectivity index (χ1v) is 18.4. The van der Waals surface area contributed by atoms with Gasteiger partial charge in [-0.05, 0) is 85.5 Å². The zero-order valence-electron chi connectivity index (χ0n) is 29.8. The smallest absolute Gasteiger partial charge is 0.453 e. The molecule has 2 N–H and O–H groups in total. The Morgan fingerprint density at radius 2 is 1.57 bits per heavy atom. The maximum absolute atomic E-state index is 15.7. The first-order chi connectivity index (χ1) is 26.4. The minimum atomic E-state index is -4.98. The molecular formula is C38H36F7N4O6S+. The highest BCUT2D eigenvalue weighted by molar-refractivity contribution is 7.89. The summed E-state index contributed by atoms with van der Waals surface area (Å²) in [6.07, 6.45) is -6.30. The minimum absolute atomic E-state index is 0.0214. The minimum Gasteiger partial charge on any atom is -0.453 e. The van der Waals surface area contributed by atoms with Crippen LogP contribution in [0.15, 0.2) is 89.8 Å². The van der Waals surface area contributed by atoms with Crippen molar-refractivity contribution in [3.63, 3.8) is 0 Å². The Bertz CT molecular complexity index is 2170. The fraction of sp³-hybridized carbons (Fsp3) is 0.289. The third-order valence-electron chi connectivity index (χ3n) is 9.16. The van der Waals surface area contributed by atoms with E-state index in [0.717, 1.165) is 66.3 Å². The van der Waals surface area contributed by atoms with Crippen molar-refractivity contribution in [3.05, 3.63) is 125 Å². The van der Waals surface area contributed by atoms with E-state index >= 15 is 4.39 Å². The van der Waals surface area contributed by atoms with Gasteiger partial charge in [-0.3, -0.25) is 0 Å². The number of hydrogen-bond donors (Lipinski definition) is 2. The maximum atomic E-state index is 15.7. The van der Waals surface area contributed by atoms with Crippen LogP contribution < -0.4 is 15.4 Å². The van der Waals surface area contributed by atoms with E-state index in [1.165, 1.54) is 28.6 Å². The molecule has 5 rings (SSSR count). The van der Waals surface area contributed by atoms with Gasteiger partial charge in [-0.2, -0.15) is 4.31 Å². The number of carbonyl (C=O) groups is 2. The first kappa shape index (κ1) is 41.8. The van der Waals surface area contributed by atoms with Gasteiger partial charge < -0.3 is 20.1 Å². The number of rotatable bonds is 12. The first-order valence-electron chi connectivity index (χ1n) is 17.0. The number of piperazine rings is 1. The predicted octanol–water partition coefficient (Wildman–Crippen LogP) is 6.55. The molecule has 4 aromatic carbocycles. The second-order valence-electron chi connectivity index (χ2n) is 12.9. The molecule has 1 heterocycles. The number of hydrogen-bond acceptors (Lipinski definition) is 7. The molecule has 4 aromatic rings. The average Bonchev–Trinajstić information content (AvgIpc) is 3.13. The molecule has 1 fully saturated rings. The van der Waals surface area contributed by atoms with Crippen LogP contribution in [0.5, 0.6) is 5.75 Å². The fourth-order valence-electron chi connectivity index (χ4n) is 6.72. The lowest BCUT2D eigenvalue weighted by Gasteiger charge is -2.40. The number of nitrogens with zero attached hydrogens (tertiary/aromatic N) is 2. The van der Waals surface area contributed by atoms with Crippen LogP contribution in [0.25, 0.3) is 0 Å². The molecule has 18 heteroatoms. The van der Waals surface area contributed by atoms with Gasteiger partial charge in [0.25, 0.3) is 0 Å². The highest BCUT2D eigenvalue weighted by atomic mass is 32.2. The summed E-state index contributed by atoms with van der Waals surface area (Å²) in [6, 6.07) is 11.4. The van der Waals surface area contributed by atoms with Crippen molar-refractivity contribution in [1.82, 2.24) is 14.9 Å². The number of alkyl carbamates (subject to hydrolysis) is 1. The topological polar surface area (TPSA) is 117 Å². The number of nitrogens with one attached hydrogen (secondary N) is 2. The molecule has 0 aliphatic carbocycles. The van der Waals surface area contributed by atoms with Gasteiger partial charge in [0.1, 0.15) is 35.7 Å². The van der Waals surface area contributed by atoms with Crippen molar-refractivity contribution in [3.8, 4) is 5.75 Å². The summed E-state index contributed by atoms with van der Waals surface area (Å²) in [6.45, 7) is 5.80. The van der Waals surface area contributed by atoms with Crippen molar-refractivity contribution in [2.45, 2.75) is 55.1 Å². The number of alkyl halides is 3. The van der Waals surface area contributed by atoms with Gasteiger partial charge in [0, 0.05) is 43.2 Å². The molecule has 1 saturated heterocycles. The quantitative estimate of drug-likeness (QED) is 0.0948. The molecule has 0 radical (unpaired) electrons. The van der Waals surface area contributed by atoms with Gasteiger partial charge >= 0.3 is 18.4 Å². The third-order valence-corrected chi connectivity index (χ3v) is 11.2. The molecule has 4 atom stereocenters. The number of amides is 2. The molecule has 4 unspecified atom stereocenters. The van der Waals surface area contributed by atoms with Crippen LogP contribution in [0.2, 0.25) is 0 Å². The fourth-order valence-corrected chi connectivity index (χ4v) is 8.56. The van der Waals surface area contributed by atoms with Crippen molar-refractivity contribution in [2.24, 2.45) is 0 Å². The third kappa shape index (κ3) is 9.72. The molecule has 0 bridgehead atoms. The average molecular weight is 810 g/mol. The molecule has 10 nitrogen and oxygen atoms in total. The Balaban J connectivity index is 1.48. The van der Waals surface area contributed by atoms with Crippen LogP contribution in [0.3, 0.4) is 0 Å². The van der Waals surface area contributed by atoms with Gasteiger partial charge in [-0.15, -0.1) is 17.7 Å². The zero-order chi connectivity index (χ0) is 40.9. The van der Waals surface area contributed by atoms with Gasteiger partial charge in [0.15, 0.2) is 6.04 Å². The summed E-state index contributed by atoms with van der Waals surface area (Å²) in [7, 11) is -3.30. The summed E-state index contributed by atoms with van der Waals surface area (Å²) in [5, 5.41) is 5.50. The Morgan fingerprint density at radius 3 is 2.18 bits per heavy atom. The monoisotopic (exact) mass is 809 g/mol. The molecule has 2 amide bonds. The maximum Gasteiger partial charge on any atom is 0.573 e. The Labute approximate surface area is 317 Å². The highest BCUT2D eigenvalue weighted by Gasteiger charge is 2.42. The van der Waals surface area contributed by atoms with Crippen LogP contribution in [0.1, 0.15) is 36.0 Å². The van der Waals surface area contributed by atoms with Gasteiger partial charge in [-0.25, -0.2) is 35.6 Å². The summed E-state index contributed by atoms with van der Waals surface area (Å²) < 4.78 is 135.